The van der Waals surface area contributed by atoms with E-state index >= 15 is 0 Å². The third-order valence-electron chi connectivity index (χ3n) is 7.77. The standard InChI is InChI=1S/C31H38N4O5S.2ClH/c1-37-25-21-23(22-26(38-2)29(25)39-3)31(36)40-20-8-14-34-18-16-33(17-19-34)13-7-15-35-24-9-4-5-10-27(24)41-28-11-6-12-32-30(28)35;;/h4-6,9-12,21-22H,7-8,13-20H2,1-3H3;2*1H. The van der Waals surface area contributed by atoms with Crippen LogP contribution in [0.15, 0.2) is 64.5 Å². The predicted octanol–water partition coefficient (Wildman–Crippen LogP) is -3.86. The molecule has 0 saturated carbocycles. The molecule has 0 spiro atoms. The van der Waals surface area contributed by atoms with Crippen LogP contribution in [-0.2, 0) is 4.74 Å². The van der Waals surface area contributed by atoms with Crippen LogP contribution in [0.5, 0.6) is 17.2 Å². The van der Waals surface area contributed by atoms with Crippen LogP contribution in [-0.4, -0.2) is 84.7 Å². The van der Waals surface area contributed by atoms with Crippen molar-refractivity contribution in [1.82, 2.24) is 4.98 Å². The third kappa shape index (κ3) is 8.39. The van der Waals surface area contributed by atoms with E-state index in [2.05, 4.69) is 35.2 Å². The van der Waals surface area contributed by atoms with E-state index in [0.717, 1.165) is 51.4 Å². The lowest BCUT2D eigenvalue weighted by Gasteiger charge is -2.33. The summed E-state index contributed by atoms with van der Waals surface area (Å²) < 4.78 is 21.6. The molecule has 2 N–H and O–H groups in total. The molecule has 2 aromatic carbocycles. The molecule has 0 unspecified atom stereocenters. The lowest BCUT2D eigenvalue weighted by molar-refractivity contribution is -1.01. The summed E-state index contributed by atoms with van der Waals surface area (Å²) >= 11 is 1.81. The van der Waals surface area contributed by atoms with Crippen LogP contribution in [0.1, 0.15) is 23.2 Å². The Hall–Kier alpha value is -2.89. The molecule has 1 saturated heterocycles. The molecular weight excluding hydrogens is 611 g/mol. The van der Waals surface area contributed by atoms with Crippen molar-refractivity contribution < 1.29 is 58.4 Å². The lowest BCUT2D eigenvalue weighted by Crippen LogP contribution is -3.28. The van der Waals surface area contributed by atoms with Crippen molar-refractivity contribution in [3.8, 4) is 17.2 Å². The van der Waals surface area contributed by atoms with Gasteiger partial charge in [0, 0.05) is 30.5 Å². The number of para-hydroxylation sites is 1. The Bertz CT molecular complexity index is 1270. The smallest absolute Gasteiger partial charge is 0.338 e. The maximum atomic E-state index is 12.6. The number of anilines is 2. The van der Waals surface area contributed by atoms with Crippen LogP contribution in [0.4, 0.5) is 11.5 Å². The summed E-state index contributed by atoms with van der Waals surface area (Å²) in [6, 6.07) is 16.0. The topological polar surface area (TPSA) is 79.0 Å². The molecule has 3 aromatic rings. The molecule has 5 rings (SSSR count). The Balaban J connectivity index is 0.00000253. The number of rotatable bonds is 12. The molecule has 234 valence electrons. The first-order chi connectivity index (χ1) is 20.1. The molecule has 0 aliphatic carbocycles. The highest BCUT2D eigenvalue weighted by Gasteiger charge is 2.26. The van der Waals surface area contributed by atoms with Gasteiger partial charge in [0.15, 0.2) is 11.5 Å². The Morgan fingerprint density at radius 2 is 1.49 bits per heavy atom. The first kappa shape index (κ1) is 34.6. The molecule has 0 amide bonds. The summed E-state index contributed by atoms with van der Waals surface area (Å²) in [6.07, 6.45) is 3.85. The van der Waals surface area contributed by atoms with Gasteiger partial charge in [0.1, 0.15) is 32.0 Å². The van der Waals surface area contributed by atoms with E-state index < -0.39 is 0 Å². The predicted molar refractivity (Wildman–Crippen MR) is 159 cm³/mol. The number of methoxy groups -OCH3 is 3. The average molecular weight is 652 g/mol. The fraction of sp³-hybridized carbons (Fsp3) is 0.419. The van der Waals surface area contributed by atoms with Gasteiger partial charge in [0.05, 0.1) is 57.2 Å². The number of pyridine rings is 1. The molecule has 2 aliphatic rings. The van der Waals surface area contributed by atoms with E-state index in [4.69, 9.17) is 23.9 Å². The maximum Gasteiger partial charge on any atom is 0.338 e. The second-order valence-corrected chi connectivity index (χ2v) is 11.4. The van der Waals surface area contributed by atoms with Gasteiger partial charge in [-0.3, -0.25) is 0 Å². The van der Waals surface area contributed by atoms with Crippen molar-refractivity contribution in [2.45, 2.75) is 22.6 Å². The van der Waals surface area contributed by atoms with Gasteiger partial charge in [0.25, 0.3) is 0 Å². The zero-order valence-electron chi connectivity index (χ0n) is 24.9. The number of hydrogen-bond donors (Lipinski definition) is 2. The number of nitrogens with zero attached hydrogens (tertiary/aromatic N) is 2. The van der Waals surface area contributed by atoms with Gasteiger partial charge in [-0.05, 0) is 36.4 Å². The van der Waals surface area contributed by atoms with E-state index in [1.54, 1.807) is 33.7 Å². The van der Waals surface area contributed by atoms with Crippen LogP contribution in [0.3, 0.4) is 0 Å². The summed E-state index contributed by atoms with van der Waals surface area (Å²) in [5.41, 5.74) is 1.65. The lowest BCUT2D eigenvalue weighted by atomic mass is 10.2. The van der Waals surface area contributed by atoms with Gasteiger partial charge in [-0.1, -0.05) is 23.9 Å². The minimum absolute atomic E-state index is 0. The normalized spacial score (nSPS) is 17.0. The number of esters is 1. The van der Waals surface area contributed by atoms with E-state index in [-0.39, 0.29) is 30.8 Å². The maximum absolute atomic E-state index is 12.6. The highest BCUT2D eigenvalue weighted by atomic mass is 35.5. The molecule has 9 nitrogen and oxygen atoms in total. The summed E-state index contributed by atoms with van der Waals surface area (Å²) in [7, 11) is 4.59. The summed E-state index contributed by atoms with van der Waals surface area (Å²) in [5.74, 6) is 2.01. The second kappa shape index (κ2) is 16.8. The second-order valence-electron chi connectivity index (χ2n) is 10.3. The van der Waals surface area contributed by atoms with Crippen molar-refractivity contribution in [2.24, 2.45) is 0 Å². The molecule has 0 bridgehead atoms. The molecule has 3 heterocycles. The van der Waals surface area contributed by atoms with Crippen molar-refractivity contribution >= 4 is 29.2 Å². The van der Waals surface area contributed by atoms with E-state index in [1.165, 1.54) is 49.9 Å². The van der Waals surface area contributed by atoms with Gasteiger partial charge in [-0.15, -0.1) is 0 Å². The van der Waals surface area contributed by atoms with Crippen LogP contribution in [0, 0.1) is 0 Å². The molecular formula is C31H40Cl2N4O5S. The number of halogens is 2. The van der Waals surface area contributed by atoms with Gasteiger partial charge in [0.2, 0.25) is 5.75 Å². The number of aromatic nitrogens is 1. The molecule has 43 heavy (non-hydrogen) atoms. The van der Waals surface area contributed by atoms with Crippen LogP contribution < -0.4 is 53.7 Å². The SMILES string of the molecule is COc1cc(C(=O)OCCC[NH+]2CC[NH+](CCCN3c4ccccc4Sc4cccnc43)CC2)cc(OC)c1OC.[Cl-].[Cl-]. The highest BCUT2D eigenvalue weighted by molar-refractivity contribution is 7.99. The number of hydrogen-bond acceptors (Lipinski definition) is 8. The molecule has 12 heteroatoms. The first-order valence-electron chi connectivity index (χ1n) is 14.2. The Labute approximate surface area is 270 Å². The van der Waals surface area contributed by atoms with E-state index in [1.807, 2.05) is 12.3 Å². The van der Waals surface area contributed by atoms with Gasteiger partial charge in [-0.25, -0.2) is 9.78 Å². The molecule has 0 atom stereocenters. The quantitative estimate of drug-likeness (QED) is 0.152. The van der Waals surface area contributed by atoms with Gasteiger partial charge < -0.3 is 58.5 Å². The molecule has 2 aliphatic heterocycles. The van der Waals surface area contributed by atoms with Gasteiger partial charge in [-0.2, -0.15) is 0 Å². The Morgan fingerprint density at radius 3 is 2.14 bits per heavy atom. The van der Waals surface area contributed by atoms with Crippen molar-refractivity contribution in [3.05, 3.63) is 60.3 Å². The Morgan fingerprint density at radius 1 is 0.860 bits per heavy atom. The van der Waals surface area contributed by atoms with Crippen LogP contribution in [0.25, 0.3) is 0 Å². The van der Waals surface area contributed by atoms with E-state index in [0.29, 0.717) is 29.4 Å². The number of nitrogens with one attached hydrogen (secondary N) is 2. The number of carbonyl (C=O) groups excluding carboxylic acids is 1. The highest BCUT2D eigenvalue weighted by Crippen LogP contribution is 2.46. The van der Waals surface area contributed by atoms with Crippen molar-refractivity contribution in [2.75, 3.05) is 78.6 Å². The minimum Gasteiger partial charge on any atom is -1.00 e. The summed E-state index contributed by atoms with van der Waals surface area (Å²) in [5, 5.41) is 0. The van der Waals surface area contributed by atoms with Crippen molar-refractivity contribution in [1.29, 1.82) is 0 Å². The zero-order chi connectivity index (χ0) is 28.6. The fourth-order valence-electron chi connectivity index (χ4n) is 5.60. The van der Waals surface area contributed by atoms with Gasteiger partial charge >= 0.3 is 5.97 Å². The Kier molecular flexibility index (Phi) is 13.5. The summed E-state index contributed by atoms with van der Waals surface area (Å²) in [4.78, 5) is 25.5. The summed E-state index contributed by atoms with van der Waals surface area (Å²) in [6.45, 7) is 8.14. The largest absolute Gasteiger partial charge is 1.00 e. The number of ether oxygens (including phenoxy) is 4. The number of fused-ring (bicyclic) bond motifs is 2. The molecule has 1 aromatic heterocycles. The minimum atomic E-state index is -0.388. The van der Waals surface area contributed by atoms with Crippen LogP contribution >= 0.6 is 11.8 Å². The monoisotopic (exact) mass is 650 g/mol. The average Bonchev–Trinajstić information content (AvgIpc) is 3.02. The van der Waals surface area contributed by atoms with E-state index in [9.17, 15) is 4.79 Å². The zero-order valence-corrected chi connectivity index (χ0v) is 27.2. The fourth-order valence-corrected chi connectivity index (χ4v) is 6.67. The third-order valence-corrected chi connectivity index (χ3v) is 8.87. The number of benzene rings is 2. The van der Waals surface area contributed by atoms with Crippen LogP contribution in [0.2, 0.25) is 0 Å². The molecule has 0 radical (unpaired) electrons. The molecule has 1 fully saturated rings. The van der Waals surface area contributed by atoms with Crippen molar-refractivity contribution in [3.63, 3.8) is 0 Å². The number of carbonyl (C=O) groups is 1. The number of piperazine rings is 1. The first-order valence-corrected chi connectivity index (χ1v) is 15.1. The number of quaternary nitrogens is 2.